The highest BCUT2D eigenvalue weighted by Crippen LogP contribution is 2.42. The van der Waals surface area contributed by atoms with Crippen LogP contribution in [0, 0.1) is 18.8 Å². The van der Waals surface area contributed by atoms with Crippen molar-refractivity contribution in [2.45, 2.75) is 64.9 Å². The highest BCUT2D eigenvalue weighted by Gasteiger charge is 2.45. The maximum Gasteiger partial charge on any atom is 0.307 e. The van der Waals surface area contributed by atoms with E-state index in [-0.39, 0.29) is 12.3 Å². The number of ether oxygens (including phenoxy) is 2. The number of carboxylic acid groups (broad SMARTS) is 1. The molecule has 1 heterocycles. The van der Waals surface area contributed by atoms with Gasteiger partial charge in [-0.1, -0.05) is 19.9 Å². The largest absolute Gasteiger partial charge is 0.496 e. The summed E-state index contributed by atoms with van der Waals surface area (Å²) in [5.41, 5.74) is 2.98. The van der Waals surface area contributed by atoms with E-state index >= 15 is 0 Å². The van der Waals surface area contributed by atoms with Gasteiger partial charge in [-0.05, 0) is 80.2 Å². The third-order valence-electron chi connectivity index (χ3n) is 7.87. The second-order valence-corrected chi connectivity index (χ2v) is 11.9. The number of aryl methyl sites for hydroxylation is 1. The summed E-state index contributed by atoms with van der Waals surface area (Å²) in [5.74, 6) is -0.699. The van der Waals surface area contributed by atoms with E-state index in [0.29, 0.717) is 24.6 Å². The van der Waals surface area contributed by atoms with Gasteiger partial charge in [0, 0.05) is 29.9 Å². The molecule has 214 valence electrons. The minimum Gasteiger partial charge on any atom is -0.496 e. The molecule has 0 bridgehead atoms. The lowest BCUT2D eigenvalue weighted by Crippen LogP contribution is -2.37. The SMILES string of the molecule is C=CCCCCN(C)C(=O)[C@@H]1C[C@H](Oc2cc(-c3nc(C(C)C)cs3)cc3c(C)c(OC)ccc23)C[C@H]1C(=O)O. The zero-order valence-electron chi connectivity index (χ0n) is 24.1. The molecule has 4 rings (SSSR count). The first-order valence-corrected chi connectivity index (χ1v) is 14.8. The normalized spacial score (nSPS) is 18.7. The van der Waals surface area contributed by atoms with Gasteiger partial charge in [-0.25, -0.2) is 4.98 Å². The van der Waals surface area contributed by atoms with Crippen molar-refractivity contribution in [2.75, 3.05) is 20.7 Å². The molecule has 2 aromatic carbocycles. The van der Waals surface area contributed by atoms with Crippen molar-refractivity contribution >= 4 is 34.0 Å². The van der Waals surface area contributed by atoms with Gasteiger partial charge in [-0.15, -0.1) is 17.9 Å². The average molecular weight is 565 g/mol. The number of nitrogens with zero attached hydrogens (tertiary/aromatic N) is 2. The lowest BCUT2D eigenvalue weighted by atomic mass is 9.95. The number of allylic oxidation sites excluding steroid dienone is 1. The summed E-state index contributed by atoms with van der Waals surface area (Å²) in [4.78, 5) is 32.0. The fourth-order valence-electron chi connectivity index (χ4n) is 5.50. The minimum absolute atomic E-state index is 0.125. The van der Waals surface area contributed by atoms with Gasteiger partial charge < -0.3 is 19.5 Å². The Morgan fingerprint density at radius 3 is 2.58 bits per heavy atom. The van der Waals surface area contributed by atoms with Crippen LogP contribution in [0.25, 0.3) is 21.3 Å². The van der Waals surface area contributed by atoms with Crippen LogP contribution in [0.2, 0.25) is 0 Å². The van der Waals surface area contributed by atoms with E-state index in [1.807, 2.05) is 31.2 Å². The number of carboxylic acids is 1. The molecule has 7 nitrogen and oxygen atoms in total. The molecular formula is C32H40N2O5S. The van der Waals surface area contributed by atoms with E-state index in [2.05, 4.69) is 31.9 Å². The van der Waals surface area contributed by atoms with E-state index < -0.39 is 23.9 Å². The third kappa shape index (κ3) is 6.33. The number of fused-ring (bicyclic) bond motifs is 1. The fourth-order valence-corrected chi connectivity index (χ4v) is 6.46. The number of carbonyl (C=O) groups is 2. The number of methoxy groups -OCH3 is 1. The monoisotopic (exact) mass is 564 g/mol. The zero-order chi connectivity index (χ0) is 29.0. The van der Waals surface area contributed by atoms with E-state index in [1.165, 1.54) is 0 Å². The lowest BCUT2D eigenvalue weighted by molar-refractivity contribution is -0.148. The topological polar surface area (TPSA) is 89.0 Å². The molecule has 8 heteroatoms. The Labute approximate surface area is 240 Å². The van der Waals surface area contributed by atoms with E-state index in [1.54, 1.807) is 30.4 Å². The number of benzene rings is 2. The Kier molecular flexibility index (Phi) is 9.51. The molecule has 1 aliphatic rings. The quantitative estimate of drug-likeness (QED) is 0.187. The van der Waals surface area contributed by atoms with Crippen molar-refractivity contribution < 1.29 is 24.2 Å². The van der Waals surface area contributed by atoms with Crippen LogP contribution < -0.4 is 9.47 Å². The van der Waals surface area contributed by atoms with Crippen molar-refractivity contribution in [3.63, 3.8) is 0 Å². The first-order valence-electron chi connectivity index (χ1n) is 14.0. The van der Waals surface area contributed by atoms with E-state index in [0.717, 1.165) is 57.6 Å². The Hall–Kier alpha value is -3.39. The van der Waals surface area contributed by atoms with Gasteiger partial charge in [-0.3, -0.25) is 9.59 Å². The van der Waals surface area contributed by atoms with Crippen LogP contribution in [0.5, 0.6) is 11.5 Å². The molecule has 1 N–H and O–H groups in total. The van der Waals surface area contributed by atoms with E-state index in [9.17, 15) is 14.7 Å². The maximum atomic E-state index is 13.3. The average Bonchev–Trinajstić information content (AvgIpc) is 3.59. The zero-order valence-corrected chi connectivity index (χ0v) is 24.9. The highest BCUT2D eigenvalue weighted by molar-refractivity contribution is 7.13. The number of aliphatic carboxylic acids is 1. The van der Waals surface area contributed by atoms with Crippen molar-refractivity contribution in [1.82, 2.24) is 9.88 Å². The van der Waals surface area contributed by atoms with Crippen LogP contribution in [0.15, 0.2) is 42.3 Å². The van der Waals surface area contributed by atoms with Crippen LogP contribution >= 0.6 is 11.3 Å². The molecule has 3 aromatic rings. The number of hydrogen-bond acceptors (Lipinski definition) is 6. The molecule has 1 aliphatic carbocycles. The minimum atomic E-state index is -0.951. The second kappa shape index (κ2) is 12.9. The number of rotatable bonds is 12. The number of carbonyl (C=O) groups excluding carboxylic acids is 1. The first-order chi connectivity index (χ1) is 19.1. The summed E-state index contributed by atoms with van der Waals surface area (Å²) in [6.45, 7) is 10.6. The molecule has 0 radical (unpaired) electrons. The van der Waals surface area contributed by atoms with Gasteiger partial charge in [0.2, 0.25) is 5.91 Å². The Morgan fingerprint density at radius 1 is 1.18 bits per heavy atom. The first kappa shape index (κ1) is 29.6. The molecular weight excluding hydrogens is 524 g/mol. The van der Waals surface area contributed by atoms with Crippen LogP contribution in [-0.2, 0) is 9.59 Å². The summed E-state index contributed by atoms with van der Waals surface area (Å²) in [6, 6.07) is 8.01. The number of thiazole rings is 1. The fraction of sp³-hybridized carbons (Fsp3) is 0.469. The van der Waals surface area contributed by atoms with Crippen molar-refractivity contribution in [3.8, 4) is 22.1 Å². The molecule has 3 atom stereocenters. The Balaban J connectivity index is 1.64. The molecule has 0 unspecified atom stereocenters. The second-order valence-electron chi connectivity index (χ2n) is 11.0. The van der Waals surface area contributed by atoms with Crippen LogP contribution in [0.1, 0.15) is 63.1 Å². The van der Waals surface area contributed by atoms with Gasteiger partial charge in [0.05, 0.1) is 24.6 Å². The van der Waals surface area contributed by atoms with E-state index in [4.69, 9.17) is 14.5 Å². The van der Waals surface area contributed by atoms with Gasteiger partial charge in [0.1, 0.15) is 22.6 Å². The van der Waals surface area contributed by atoms with Gasteiger partial charge in [-0.2, -0.15) is 0 Å². The maximum absolute atomic E-state index is 13.3. The molecule has 1 amide bonds. The highest BCUT2D eigenvalue weighted by atomic mass is 32.1. The number of amides is 1. The standard InChI is InChI=1S/C32H40N2O5S/c1-7-8-9-10-13-34(5)31(35)25-16-22(17-26(25)32(36)37)39-29-15-21(30-33-27(18-40-30)19(2)3)14-24-20(4)28(38-6)12-11-23(24)29/h7,11-12,14-15,18-19,22,25-26H,1,8-10,13,16-17H2,2-6H3,(H,36,37)/t22-,25+,26+/m0/s1. The third-order valence-corrected chi connectivity index (χ3v) is 8.78. The molecule has 1 fully saturated rings. The van der Waals surface area contributed by atoms with Crippen LogP contribution in [0.3, 0.4) is 0 Å². The summed E-state index contributed by atoms with van der Waals surface area (Å²) in [6.07, 6.45) is 4.83. The summed E-state index contributed by atoms with van der Waals surface area (Å²) < 4.78 is 12.2. The molecule has 0 aliphatic heterocycles. The van der Waals surface area contributed by atoms with Crippen molar-refractivity contribution in [3.05, 3.63) is 53.6 Å². The number of aromatic nitrogens is 1. The number of unbranched alkanes of at least 4 members (excludes halogenated alkanes) is 2. The Bertz CT molecular complexity index is 1380. The van der Waals surface area contributed by atoms with Gasteiger partial charge in [0.15, 0.2) is 0 Å². The van der Waals surface area contributed by atoms with Crippen molar-refractivity contribution in [1.29, 1.82) is 0 Å². The smallest absolute Gasteiger partial charge is 0.307 e. The summed E-state index contributed by atoms with van der Waals surface area (Å²) in [5, 5.41) is 14.9. The molecule has 1 aromatic heterocycles. The lowest BCUT2D eigenvalue weighted by Gasteiger charge is -2.23. The molecule has 0 spiro atoms. The van der Waals surface area contributed by atoms with Gasteiger partial charge >= 0.3 is 5.97 Å². The molecule has 1 saturated carbocycles. The summed E-state index contributed by atoms with van der Waals surface area (Å²) >= 11 is 1.60. The molecule has 0 saturated heterocycles. The summed E-state index contributed by atoms with van der Waals surface area (Å²) in [7, 11) is 3.42. The predicted molar refractivity (Wildman–Crippen MR) is 160 cm³/mol. The van der Waals surface area contributed by atoms with Crippen molar-refractivity contribution in [2.24, 2.45) is 11.8 Å². The van der Waals surface area contributed by atoms with Crippen LogP contribution in [0.4, 0.5) is 0 Å². The molecule has 40 heavy (non-hydrogen) atoms. The number of hydrogen-bond donors (Lipinski definition) is 1. The van der Waals surface area contributed by atoms with Crippen LogP contribution in [-0.4, -0.2) is 53.7 Å². The Morgan fingerprint density at radius 2 is 1.93 bits per heavy atom. The predicted octanol–water partition coefficient (Wildman–Crippen LogP) is 7.08. The van der Waals surface area contributed by atoms with Gasteiger partial charge in [0.25, 0.3) is 0 Å².